The molecule has 130 valence electrons. The van der Waals surface area contributed by atoms with Crippen molar-refractivity contribution in [2.45, 2.75) is 37.8 Å². The van der Waals surface area contributed by atoms with Crippen LogP contribution in [-0.4, -0.2) is 27.7 Å². The van der Waals surface area contributed by atoms with Gasteiger partial charge in [-0.3, -0.25) is 4.79 Å². The van der Waals surface area contributed by atoms with Crippen LogP contribution in [0.25, 0.3) is 21.6 Å². The Labute approximate surface area is 156 Å². The quantitative estimate of drug-likeness (QED) is 0.481. The third-order valence-electron chi connectivity index (χ3n) is 4.00. The summed E-state index contributed by atoms with van der Waals surface area (Å²) < 4.78 is 0. The molecule has 0 aliphatic heterocycles. The minimum atomic E-state index is 0.0547. The smallest absolute Gasteiger partial charge is 0.230 e. The van der Waals surface area contributed by atoms with Crippen molar-refractivity contribution >= 4 is 39.9 Å². The molecule has 3 rings (SSSR count). The van der Waals surface area contributed by atoms with Crippen LogP contribution in [0.5, 0.6) is 0 Å². The number of thioether (sulfide) groups is 1. The number of aromatic nitrogens is 2. The highest BCUT2D eigenvalue weighted by atomic mass is 32.2. The summed E-state index contributed by atoms with van der Waals surface area (Å²) in [5.74, 6) is 1.14. The van der Waals surface area contributed by atoms with E-state index >= 15 is 0 Å². The monoisotopic (exact) mass is 371 g/mol. The Bertz CT molecular complexity index is 845. The summed E-state index contributed by atoms with van der Waals surface area (Å²) in [6, 6.07) is 12.2. The lowest BCUT2D eigenvalue weighted by Gasteiger charge is -2.14. The highest BCUT2D eigenvalue weighted by molar-refractivity contribution is 8.00. The molecule has 0 radical (unpaired) electrons. The van der Waals surface area contributed by atoms with Crippen molar-refractivity contribution in [2.75, 3.05) is 5.75 Å². The SMILES string of the molecule is CCC(CC)NC(=O)CSc1nc(-c2cccs2)nc2ccccc12. The summed E-state index contributed by atoms with van der Waals surface area (Å²) in [7, 11) is 0. The molecule has 0 fully saturated rings. The number of carbonyl (C=O) groups is 1. The predicted octanol–water partition coefficient (Wildman–Crippen LogP) is 4.76. The number of thiophene rings is 1. The summed E-state index contributed by atoms with van der Waals surface area (Å²) >= 11 is 3.09. The number of nitrogens with zero attached hydrogens (tertiary/aromatic N) is 2. The number of benzene rings is 1. The van der Waals surface area contributed by atoms with Crippen molar-refractivity contribution in [2.24, 2.45) is 0 Å². The molecule has 0 saturated carbocycles. The molecule has 1 aromatic carbocycles. The molecule has 0 aliphatic carbocycles. The van der Waals surface area contributed by atoms with Crippen molar-refractivity contribution in [3.05, 3.63) is 41.8 Å². The lowest BCUT2D eigenvalue weighted by Crippen LogP contribution is -2.35. The molecular formula is C19H21N3OS2. The maximum absolute atomic E-state index is 12.2. The first-order valence-corrected chi connectivity index (χ1v) is 10.3. The molecule has 2 aromatic heterocycles. The van der Waals surface area contributed by atoms with Crippen molar-refractivity contribution in [3.8, 4) is 10.7 Å². The molecule has 25 heavy (non-hydrogen) atoms. The van der Waals surface area contributed by atoms with E-state index < -0.39 is 0 Å². The number of amides is 1. The van der Waals surface area contributed by atoms with Crippen molar-refractivity contribution < 1.29 is 4.79 Å². The minimum Gasteiger partial charge on any atom is -0.353 e. The molecule has 0 unspecified atom stereocenters. The zero-order valence-corrected chi connectivity index (χ0v) is 16.0. The molecule has 0 bridgehead atoms. The van der Waals surface area contributed by atoms with E-state index in [-0.39, 0.29) is 11.9 Å². The fourth-order valence-electron chi connectivity index (χ4n) is 2.57. The van der Waals surface area contributed by atoms with Gasteiger partial charge in [0.25, 0.3) is 0 Å². The number of nitrogens with one attached hydrogen (secondary N) is 1. The van der Waals surface area contributed by atoms with Gasteiger partial charge in [0.1, 0.15) is 5.03 Å². The highest BCUT2D eigenvalue weighted by Crippen LogP contribution is 2.29. The zero-order chi connectivity index (χ0) is 17.6. The second-order valence-corrected chi connectivity index (χ2v) is 7.63. The Kier molecular flexibility index (Phi) is 6.04. The van der Waals surface area contributed by atoms with Gasteiger partial charge in [0.15, 0.2) is 5.82 Å². The van der Waals surface area contributed by atoms with E-state index in [4.69, 9.17) is 4.98 Å². The van der Waals surface area contributed by atoms with Crippen LogP contribution in [0.15, 0.2) is 46.8 Å². The summed E-state index contributed by atoms with van der Waals surface area (Å²) in [6.07, 6.45) is 1.90. The fourth-order valence-corrected chi connectivity index (χ4v) is 4.06. The lowest BCUT2D eigenvalue weighted by atomic mass is 10.2. The molecule has 2 heterocycles. The van der Waals surface area contributed by atoms with Crippen LogP contribution in [0.3, 0.4) is 0 Å². The van der Waals surface area contributed by atoms with E-state index in [9.17, 15) is 4.79 Å². The van der Waals surface area contributed by atoms with Crippen LogP contribution >= 0.6 is 23.1 Å². The van der Waals surface area contributed by atoms with E-state index in [2.05, 4.69) is 24.1 Å². The Morgan fingerprint density at radius 3 is 2.68 bits per heavy atom. The Hall–Kier alpha value is -1.92. The number of carbonyl (C=O) groups excluding carboxylic acids is 1. The van der Waals surface area contributed by atoms with Crippen LogP contribution < -0.4 is 5.32 Å². The third kappa shape index (κ3) is 4.38. The van der Waals surface area contributed by atoms with Crippen LogP contribution in [0.1, 0.15) is 26.7 Å². The van der Waals surface area contributed by atoms with Crippen molar-refractivity contribution in [1.82, 2.24) is 15.3 Å². The van der Waals surface area contributed by atoms with Gasteiger partial charge >= 0.3 is 0 Å². The van der Waals surface area contributed by atoms with Gasteiger partial charge in [-0.05, 0) is 30.4 Å². The van der Waals surface area contributed by atoms with Crippen LogP contribution in [0, 0.1) is 0 Å². The average molecular weight is 372 g/mol. The molecule has 0 atom stereocenters. The second kappa shape index (κ2) is 8.45. The number of hydrogen-bond donors (Lipinski definition) is 1. The van der Waals surface area contributed by atoms with Gasteiger partial charge in [-0.2, -0.15) is 0 Å². The molecule has 0 aliphatic rings. The van der Waals surface area contributed by atoms with Crippen molar-refractivity contribution in [1.29, 1.82) is 0 Å². The number of fused-ring (bicyclic) bond motifs is 1. The Balaban J connectivity index is 1.83. The lowest BCUT2D eigenvalue weighted by molar-refractivity contribution is -0.119. The summed E-state index contributed by atoms with van der Waals surface area (Å²) in [5, 5.41) is 6.94. The van der Waals surface area contributed by atoms with Gasteiger partial charge in [-0.1, -0.05) is 49.9 Å². The van der Waals surface area contributed by atoms with Gasteiger partial charge in [-0.15, -0.1) is 11.3 Å². The first-order chi connectivity index (χ1) is 12.2. The maximum Gasteiger partial charge on any atom is 0.230 e. The molecule has 4 nitrogen and oxygen atoms in total. The first kappa shape index (κ1) is 17.9. The standard InChI is InChI=1S/C19H21N3OS2/c1-3-13(4-2)20-17(23)12-25-19-14-8-5-6-9-15(14)21-18(22-19)16-10-7-11-24-16/h5-11,13H,3-4,12H2,1-2H3,(H,20,23). The average Bonchev–Trinajstić information content (AvgIpc) is 3.18. The van der Waals surface area contributed by atoms with Crippen molar-refractivity contribution in [3.63, 3.8) is 0 Å². The summed E-state index contributed by atoms with van der Waals surface area (Å²) in [6.45, 7) is 4.18. The van der Waals surface area contributed by atoms with E-state index in [0.717, 1.165) is 39.5 Å². The van der Waals surface area contributed by atoms with E-state index in [1.165, 1.54) is 11.8 Å². The maximum atomic E-state index is 12.2. The van der Waals surface area contributed by atoms with E-state index in [1.807, 2.05) is 41.8 Å². The number of para-hydroxylation sites is 1. The van der Waals surface area contributed by atoms with E-state index in [1.54, 1.807) is 11.3 Å². The van der Waals surface area contributed by atoms with Crippen LogP contribution in [0.4, 0.5) is 0 Å². The third-order valence-corrected chi connectivity index (χ3v) is 5.86. The normalized spacial score (nSPS) is 11.2. The van der Waals surface area contributed by atoms with Gasteiger partial charge in [-0.25, -0.2) is 9.97 Å². The minimum absolute atomic E-state index is 0.0547. The van der Waals surface area contributed by atoms with E-state index in [0.29, 0.717) is 5.75 Å². The zero-order valence-electron chi connectivity index (χ0n) is 14.4. The first-order valence-electron chi connectivity index (χ1n) is 8.44. The molecule has 1 amide bonds. The van der Waals surface area contributed by atoms with Crippen LogP contribution in [0.2, 0.25) is 0 Å². The molecule has 3 aromatic rings. The number of rotatable bonds is 7. The van der Waals surface area contributed by atoms with Gasteiger partial charge < -0.3 is 5.32 Å². The topological polar surface area (TPSA) is 54.9 Å². The van der Waals surface area contributed by atoms with Gasteiger partial charge in [0.05, 0.1) is 16.1 Å². The Morgan fingerprint density at radius 1 is 1.16 bits per heavy atom. The Morgan fingerprint density at radius 2 is 1.96 bits per heavy atom. The largest absolute Gasteiger partial charge is 0.353 e. The molecule has 0 saturated heterocycles. The highest BCUT2D eigenvalue weighted by Gasteiger charge is 2.13. The van der Waals surface area contributed by atoms with Gasteiger partial charge in [0, 0.05) is 11.4 Å². The second-order valence-electron chi connectivity index (χ2n) is 5.72. The molecular weight excluding hydrogens is 350 g/mol. The van der Waals surface area contributed by atoms with Gasteiger partial charge in [0.2, 0.25) is 5.91 Å². The van der Waals surface area contributed by atoms with Crippen LogP contribution in [-0.2, 0) is 4.79 Å². The fraction of sp³-hybridized carbons (Fsp3) is 0.316. The molecule has 6 heteroatoms. The molecule has 0 spiro atoms. The number of hydrogen-bond acceptors (Lipinski definition) is 5. The predicted molar refractivity (Wildman–Crippen MR) is 106 cm³/mol. The summed E-state index contributed by atoms with van der Waals surface area (Å²) in [5.41, 5.74) is 0.906. The molecule has 1 N–H and O–H groups in total. The summed E-state index contributed by atoms with van der Waals surface area (Å²) in [4.78, 5) is 22.6.